The lowest BCUT2D eigenvalue weighted by molar-refractivity contribution is 0.0946. The largest absolute Gasteiger partial charge is 0.351 e. The molecule has 1 unspecified atom stereocenters. The van der Waals surface area contributed by atoms with E-state index >= 15 is 0 Å². The molecule has 0 saturated carbocycles. The number of sulfonamides is 1. The molecule has 1 saturated heterocycles. The Morgan fingerprint density at radius 1 is 1.03 bits per heavy atom. The van der Waals surface area contributed by atoms with Crippen LogP contribution in [0.4, 0.5) is 0 Å². The summed E-state index contributed by atoms with van der Waals surface area (Å²) in [5, 5.41) is 2.90. The van der Waals surface area contributed by atoms with Crippen LogP contribution >= 0.6 is 0 Å². The lowest BCUT2D eigenvalue weighted by Crippen LogP contribution is -2.37. The van der Waals surface area contributed by atoms with Crippen molar-refractivity contribution in [3.8, 4) is 0 Å². The molecule has 2 aromatic rings. The van der Waals surface area contributed by atoms with Crippen LogP contribution in [0.2, 0.25) is 0 Å². The van der Waals surface area contributed by atoms with Gasteiger partial charge in [-0.3, -0.25) is 4.79 Å². The number of benzene rings is 2. The third-order valence-corrected chi connectivity index (χ3v) is 6.74. The highest BCUT2D eigenvalue weighted by atomic mass is 32.2. The van der Waals surface area contributed by atoms with E-state index in [1.807, 2.05) is 30.3 Å². The minimum Gasteiger partial charge on any atom is -0.351 e. The fourth-order valence-corrected chi connectivity index (χ4v) is 4.81. The molecule has 0 spiro atoms. The number of piperidine rings is 1. The summed E-state index contributed by atoms with van der Waals surface area (Å²) in [7, 11) is -3.74. The highest BCUT2D eigenvalue weighted by molar-refractivity contribution is 7.89. The molecule has 1 aliphatic heterocycles. The average molecular weight is 416 g/mol. The van der Waals surface area contributed by atoms with Gasteiger partial charge in [0.25, 0.3) is 5.91 Å². The molecule has 6 nitrogen and oxygen atoms in total. The lowest BCUT2D eigenvalue weighted by Gasteiger charge is -2.26. The fraction of sp³-hybridized carbons (Fsp3) is 0.409. The Morgan fingerprint density at radius 2 is 1.76 bits per heavy atom. The Balaban J connectivity index is 1.60. The molecule has 0 aliphatic carbocycles. The standard InChI is InChI=1S/C22H29N3O3S/c1-18(19-9-4-2-5-10-19)24-29(27,28)21-12-8-11-20(17-21)22(26)23-13-16-25-14-6-3-7-15-25/h2,4-5,8-12,17-18,24H,3,6-7,13-16H2,1H3,(H,23,26). The number of likely N-dealkylation sites (tertiary alicyclic amines) is 1. The molecule has 1 atom stereocenters. The predicted molar refractivity (Wildman–Crippen MR) is 114 cm³/mol. The third-order valence-electron chi connectivity index (χ3n) is 5.20. The summed E-state index contributed by atoms with van der Waals surface area (Å²) in [5.74, 6) is -0.254. The Bertz CT molecular complexity index is 910. The van der Waals surface area contributed by atoms with Crippen molar-refractivity contribution in [2.24, 2.45) is 0 Å². The Hall–Kier alpha value is -2.22. The highest BCUT2D eigenvalue weighted by Crippen LogP contribution is 2.17. The van der Waals surface area contributed by atoms with Gasteiger partial charge in [-0.1, -0.05) is 42.8 Å². The van der Waals surface area contributed by atoms with Crippen LogP contribution in [0.5, 0.6) is 0 Å². The van der Waals surface area contributed by atoms with Gasteiger partial charge in [-0.05, 0) is 56.6 Å². The van der Waals surface area contributed by atoms with Gasteiger partial charge in [0.15, 0.2) is 0 Å². The maximum atomic E-state index is 12.8. The van der Waals surface area contributed by atoms with Crippen LogP contribution in [-0.2, 0) is 10.0 Å². The first kappa shape index (κ1) is 21.5. The number of hydrogen-bond donors (Lipinski definition) is 2. The van der Waals surface area contributed by atoms with Crippen LogP contribution in [0, 0.1) is 0 Å². The van der Waals surface area contributed by atoms with E-state index in [0.29, 0.717) is 12.1 Å². The monoisotopic (exact) mass is 415 g/mol. The average Bonchev–Trinajstić information content (AvgIpc) is 2.75. The first-order valence-corrected chi connectivity index (χ1v) is 11.6. The van der Waals surface area contributed by atoms with Crippen LogP contribution in [-0.4, -0.2) is 45.4 Å². The second-order valence-corrected chi connectivity index (χ2v) is 9.15. The summed E-state index contributed by atoms with van der Waals surface area (Å²) in [5.41, 5.74) is 1.22. The topological polar surface area (TPSA) is 78.5 Å². The molecular formula is C22H29N3O3S. The van der Waals surface area contributed by atoms with Crippen LogP contribution in [0.3, 0.4) is 0 Å². The SMILES string of the molecule is CC(NS(=O)(=O)c1cccc(C(=O)NCCN2CCCCC2)c1)c1ccccc1. The Morgan fingerprint density at radius 3 is 2.48 bits per heavy atom. The number of carbonyl (C=O) groups is 1. The van der Waals surface area contributed by atoms with Crippen molar-refractivity contribution in [2.75, 3.05) is 26.2 Å². The molecule has 2 aromatic carbocycles. The highest BCUT2D eigenvalue weighted by Gasteiger charge is 2.20. The van der Waals surface area contributed by atoms with E-state index in [1.165, 1.54) is 31.4 Å². The van der Waals surface area contributed by atoms with Crippen molar-refractivity contribution in [3.63, 3.8) is 0 Å². The molecular weight excluding hydrogens is 386 g/mol. The van der Waals surface area contributed by atoms with E-state index in [0.717, 1.165) is 25.2 Å². The third kappa shape index (κ3) is 6.13. The van der Waals surface area contributed by atoms with Gasteiger partial charge in [0.05, 0.1) is 4.90 Å². The number of carbonyl (C=O) groups excluding carboxylic acids is 1. The van der Waals surface area contributed by atoms with E-state index in [9.17, 15) is 13.2 Å². The molecule has 1 heterocycles. The van der Waals surface area contributed by atoms with Gasteiger partial charge in [-0.15, -0.1) is 0 Å². The van der Waals surface area contributed by atoms with Gasteiger partial charge in [0, 0.05) is 24.7 Å². The second kappa shape index (κ2) is 10.0. The minimum atomic E-state index is -3.74. The number of nitrogens with zero attached hydrogens (tertiary/aromatic N) is 1. The maximum absolute atomic E-state index is 12.8. The second-order valence-electron chi connectivity index (χ2n) is 7.44. The zero-order valence-corrected chi connectivity index (χ0v) is 17.6. The minimum absolute atomic E-state index is 0.0870. The smallest absolute Gasteiger partial charge is 0.251 e. The molecule has 3 rings (SSSR count). The summed E-state index contributed by atoms with van der Waals surface area (Å²) >= 11 is 0. The predicted octanol–water partition coefficient (Wildman–Crippen LogP) is 2.94. The van der Waals surface area contributed by atoms with E-state index in [1.54, 1.807) is 19.1 Å². The first-order chi connectivity index (χ1) is 14.0. The fourth-order valence-electron chi connectivity index (χ4n) is 3.53. The summed E-state index contributed by atoms with van der Waals surface area (Å²) in [6.07, 6.45) is 3.70. The summed E-state index contributed by atoms with van der Waals surface area (Å²) in [6, 6.07) is 15.2. The van der Waals surface area contributed by atoms with Crippen molar-refractivity contribution in [3.05, 3.63) is 65.7 Å². The number of amides is 1. The van der Waals surface area contributed by atoms with Gasteiger partial charge in [-0.2, -0.15) is 0 Å². The zero-order valence-electron chi connectivity index (χ0n) is 16.8. The number of rotatable bonds is 8. The zero-order chi connectivity index (χ0) is 20.7. The van der Waals surface area contributed by atoms with Gasteiger partial charge < -0.3 is 10.2 Å². The quantitative estimate of drug-likeness (QED) is 0.695. The maximum Gasteiger partial charge on any atom is 0.251 e. The van der Waals surface area contributed by atoms with E-state index in [4.69, 9.17) is 0 Å². The van der Waals surface area contributed by atoms with Gasteiger partial charge in [0.1, 0.15) is 0 Å². The summed E-state index contributed by atoms with van der Waals surface area (Å²) in [4.78, 5) is 14.9. The van der Waals surface area contributed by atoms with Crippen molar-refractivity contribution >= 4 is 15.9 Å². The molecule has 1 amide bonds. The first-order valence-electron chi connectivity index (χ1n) is 10.1. The molecule has 2 N–H and O–H groups in total. The summed E-state index contributed by atoms with van der Waals surface area (Å²) in [6.45, 7) is 5.33. The number of hydrogen-bond acceptors (Lipinski definition) is 4. The molecule has 0 bridgehead atoms. The molecule has 1 aliphatic rings. The van der Waals surface area contributed by atoms with Crippen molar-refractivity contribution in [1.29, 1.82) is 0 Å². The lowest BCUT2D eigenvalue weighted by atomic mass is 10.1. The van der Waals surface area contributed by atoms with Crippen LogP contribution in [0.25, 0.3) is 0 Å². The molecule has 7 heteroatoms. The van der Waals surface area contributed by atoms with Crippen LogP contribution in [0.15, 0.2) is 59.5 Å². The van der Waals surface area contributed by atoms with Crippen molar-refractivity contribution in [1.82, 2.24) is 14.9 Å². The van der Waals surface area contributed by atoms with Crippen LogP contribution in [0.1, 0.15) is 48.1 Å². The van der Waals surface area contributed by atoms with Crippen LogP contribution < -0.4 is 10.0 Å². The van der Waals surface area contributed by atoms with Crippen molar-refractivity contribution < 1.29 is 13.2 Å². The molecule has 29 heavy (non-hydrogen) atoms. The van der Waals surface area contributed by atoms with Gasteiger partial charge >= 0.3 is 0 Å². The van der Waals surface area contributed by atoms with Gasteiger partial charge in [0.2, 0.25) is 10.0 Å². The normalized spacial score (nSPS) is 16.3. The Labute approximate surface area is 173 Å². The molecule has 0 aromatic heterocycles. The number of nitrogens with one attached hydrogen (secondary N) is 2. The van der Waals surface area contributed by atoms with E-state index < -0.39 is 10.0 Å². The van der Waals surface area contributed by atoms with E-state index in [2.05, 4.69) is 14.9 Å². The molecule has 156 valence electrons. The van der Waals surface area contributed by atoms with Gasteiger partial charge in [-0.25, -0.2) is 13.1 Å². The Kier molecular flexibility index (Phi) is 7.41. The van der Waals surface area contributed by atoms with E-state index in [-0.39, 0.29) is 16.8 Å². The summed E-state index contributed by atoms with van der Waals surface area (Å²) < 4.78 is 28.2. The molecule has 1 fully saturated rings. The van der Waals surface area contributed by atoms with Crippen molar-refractivity contribution in [2.45, 2.75) is 37.1 Å². The molecule has 0 radical (unpaired) electrons.